The van der Waals surface area contributed by atoms with Gasteiger partial charge < -0.3 is 9.47 Å². The van der Waals surface area contributed by atoms with Crippen molar-refractivity contribution < 1.29 is 22.1 Å². The molecule has 0 aromatic heterocycles. The Balaban J connectivity index is 2.15. The van der Waals surface area contributed by atoms with E-state index in [0.29, 0.717) is 13.0 Å². The predicted molar refractivity (Wildman–Crippen MR) is 85.6 cm³/mol. The van der Waals surface area contributed by atoms with Crippen LogP contribution in [0.3, 0.4) is 0 Å². The molecular formula is C16H26O5S. The molecule has 0 amide bonds. The Labute approximate surface area is 133 Å². The van der Waals surface area contributed by atoms with Crippen LogP contribution in [0, 0.1) is 5.41 Å². The zero-order valence-corrected chi connectivity index (χ0v) is 14.4. The summed E-state index contributed by atoms with van der Waals surface area (Å²) in [6.07, 6.45) is 1.66. The molecule has 0 bridgehead atoms. The molecule has 6 heteroatoms. The van der Waals surface area contributed by atoms with Gasteiger partial charge in [0.2, 0.25) is 0 Å². The van der Waals surface area contributed by atoms with Crippen LogP contribution in [0.25, 0.3) is 0 Å². The van der Waals surface area contributed by atoms with Crippen molar-refractivity contribution in [3.05, 3.63) is 35.9 Å². The lowest BCUT2D eigenvalue weighted by Crippen LogP contribution is -2.19. The van der Waals surface area contributed by atoms with E-state index in [0.717, 1.165) is 12.0 Å². The highest BCUT2D eigenvalue weighted by Crippen LogP contribution is 2.24. The average molecular weight is 330 g/mol. The molecule has 1 aromatic carbocycles. The fourth-order valence-corrected chi connectivity index (χ4v) is 2.26. The minimum absolute atomic E-state index is 0.0785. The Hall–Kier alpha value is -0.950. The Morgan fingerprint density at radius 3 is 2.41 bits per heavy atom. The van der Waals surface area contributed by atoms with Crippen molar-refractivity contribution in [3.8, 4) is 0 Å². The summed E-state index contributed by atoms with van der Waals surface area (Å²) in [6.45, 7) is 6.71. The molecule has 0 saturated heterocycles. The van der Waals surface area contributed by atoms with Crippen molar-refractivity contribution >= 4 is 10.1 Å². The zero-order chi connectivity index (χ0) is 16.5. The van der Waals surface area contributed by atoms with Crippen molar-refractivity contribution in [1.29, 1.82) is 0 Å². The molecule has 126 valence electrons. The van der Waals surface area contributed by atoms with Gasteiger partial charge in [-0.2, -0.15) is 8.42 Å². The molecule has 0 saturated carbocycles. The quantitative estimate of drug-likeness (QED) is 0.354. The molecule has 0 spiro atoms. The van der Waals surface area contributed by atoms with Gasteiger partial charge in [-0.3, -0.25) is 4.18 Å². The molecule has 22 heavy (non-hydrogen) atoms. The number of rotatable bonds is 11. The summed E-state index contributed by atoms with van der Waals surface area (Å²) in [6, 6.07) is 9.60. The molecular weight excluding hydrogens is 304 g/mol. The van der Waals surface area contributed by atoms with E-state index in [1.165, 1.54) is 0 Å². The first-order valence-electron chi connectivity index (χ1n) is 7.41. The number of benzene rings is 1. The Bertz CT molecular complexity index is 511. The van der Waals surface area contributed by atoms with E-state index >= 15 is 0 Å². The van der Waals surface area contributed by atoms with Gasteiger partial charge in [0.1, 0.15) is 6.79 Å². The molecule has 1 rings (SSSR count). The third-order valence-corrected chi connectivity index (χ3v) is 4.49. The maximum absolute atomic E-state index is 11.6. The fourth-order valence-electron chi connectivity index (χ4n) is 1.58. The summed E-state index contributed by atoms with van der Waals surface area (Å²) in [5.74, 6) is -0.492. The zero-order valence-electron chi connectivity index (χ0n) is 13.6. The first kappa shape index (κ1) is 19.1. The number of hydrogen-bond acceptors (Lipinski definition) is 5. The largest absolute Gasteiger partial charge is 0.351 e. The van der Waals surface area contributed by atoms with Crippen LogP contribution in [-0.4, -0.2) is 27.8 Å². The monoisotopic (exact) mass is 330 g/mol. The highest BCUT2D eigenvalue weighted by molar-refractivity contribution is 7.86. The molecule has 0 N–H and O–H groups in total. The molecule has 0 radical (unpaired) electrons. The smallest absolute Gasteiger partial charge is 0.291 e. The molecule has 0 aliphatic carbocycles. The van der Waals surface area contributed by atoms with Gasteiger partial charge in [0.15, 0.2) is 5.94 Å². The second kappa shape index (κ2) is 9.25. The van der Waals surface area contributed by atoms with Gasteiger partial charge >= 0.3 is 0 Å². The lowest BCUT2D eigenvalue weighted by molar-refractivity contribution is -0.0480. The molecule has 1 aromatic rings. The average Bonchev–Trinajstić information content (AvgIpc) is 2.47. The normalized spacial score (nSPS) is 12.5. The number of hydrogen-bond donors (Lipinski definition) is 0. The minimum atomic E-state index is -3.66. The van der Waals surface area contributed by atoms with Gasteiger partial charge in [0, 0.05) is 0 Å². The van der Waals surface area contributed by atoms with Gasteiger partial charge in [0.25, 0.3) is 10.1 Å². The molecule has 0 heterocycles. The molecule has 0 aliphatic rings. The summed E-state index contributed by atoms with van der Waals surface area (Å²) in [7, 11) is -3.66. The van der Waals surface area contributed by atoms with Crippen LogP contribution in [-0.2, 0) is 30.4 Å². The first-order chi connectivity index (χ1) is 10.3. The maximum atomic E-state index is 11.6. The summed E-state index contributed by atoms with van der Waals surface area (Å²) < 4.78 is 38.4. The van der Waals surface area contributed by atoms with Gasteiger partial charge in [-0.15, -0.1) is 0 Å². The van der Waals surface area contributed by atoms with Gasteiger partial charge in [-0.1, -0.05) is 57.5 Å². The summed E-state index contributed by atoms with van der Waals surface area (Å²) in [4.78, 5) is 0. The van der Waals surface area contributed by atoms with Crippen LogP contribution in [0.15, 0.2) is 30.3 Å². The Morgan fingerprint density at radius 1 is 1.09 bits per heavy atom. The molecule has 5 nitrogen and oxygen atoms in total. The Kier molecular flexibility index (Phi) is 8.03. The second-order valence-corrected chi connectivity index (χ2v) is 7.51. The fraction of sp³-hybridized carbons (Fsp3) is 0.625. The highest BCUT2D eigenvalue weighted by atomic mass is 32.2. The van der Waals surface area contributed by atoms with Crippen LogP contribution in [0.2, 0.25) is 0 Å². The molecule has 0 fully saturated rings. The highest BCUT2D eigenvalue weighted by Gasteiger charge is 2.18. The summed E-state index contributed by atoms with van der Waals surface area (Å²) >= 11 is 0. The van der Waals surface area contributed by atoms with Crippen molar-refractivity contribution in [1.82, 2.24) is 0 Å². The van der Waals surface area contributed by atoms with Gasteiger partial charge in [0.05, 0.1) is 13.2 Å². The van der Waals surface area contributed by atoms with Crippen LogP contribution in [0.4, 0.5) is 0 Å². The SMILES string of the molecule is CCC(C)(C)CCOS(=O)(=O)COCOCc1ccccc1. The minimum Gasteiger partial charge on any atom is -0.351 e. The van der Waals surface area contributed by atoms with E-state index in [2.05, 4.69) is 20.8 Å². The summed E-state index contributed by atoms with van der Waals surface area (Å²) in [5, 5.41) is 0. The van der Waals surface area contributed by atoms with Crippen molar-refractivity contribution in [2.75, 3.05) is 19.3 Å². The van der Waals surface area contributed by atoms with E-state index in [9.17, 15) is 8.42 Å². The lowest BCUT2D eigenvalue weighted by Gasteiger charge is -2.21. The lowest BCUT2D eigenvalue weighted by atomic mass is 9.87. The first-order valence-corrected chi connectivity index (χ1v) is 8.99. The van der Waals surface area contributed by atoms with Crippen LogP contribution < -0.4 is 0 Å². The van der Waals surface area contributed by atoms with Gasteiger partial charge in [-0.05, 0) is 17.4 Å². The van der Waals surface area contributed by atoms with E-state index in [4.69, 9.17) is 13.7 Å². The third kappa shape index (κ3) is 8.48. The van der Waals surface area contributed by atoms with Gasteiger partial charge in [-0.25, -0.2) is 0 Å². The van der Waals surface area contributed by atoms with Crippen LogP contribution in [0.1, 0.15) is 39.2 Å². The van der Waals surface area contributed by atoms with Crippen LogP contribution in [0.5, 0.6) is 0 Å². The van der Waals surface area contributed by atoms with E-state index in [-0.39, 0.29) is 18.8 Å². The molecule has 0 unspecified atom stereocenters. The van der Waals surface area contributed by atoms with Crippen LogP contribution >= 0.6 is 0 Å². The Morgan fingerprint density at radius 2 is 1.77 bits per heavy atom. The van der Waals surface area contributed by atoms with E-state index in [1.807, 2.05) is 30.3 Å². The van der Waals surface area contributed by atoms with Crippen molar-refractivity contribution in [2.45, 2.75) is 40.2 Å². The second-order valence-electron chi connectivity index (χ2n) is 5.92. The third-order valence-electron chi connectivity index (χ3n) is 3.50. The molecule has 0 aliphatic heterocycles. The maximum Gasteiger partial charge on any atom is 0.291 e. The summed E-state index contributed by atoms with van der Waals surface area (Å²) in [5.41, 5.74) is 1.09. The number of ether oxygens (including phenoxy) is 2. The van der Waals surface area contributed by atoms with E-state index < -0.39 is 16.1 Å². The van der Waals surface area contributed by atoms with Crippen molar-refractivity contribution in [2.24, 2.45) is 5.41 Å². The predicted octanol–water partition coefficient (Wildman–Crippen LogP) is 3.31. The molecule has 0 atom stereocenters. The topological polar surface area (TPSA) is 61.8 Å². The standard InChI is InChI=1S/C16H26O5S/c1-4-16(2,3)10-11-21-22(17,18)14-20-13-19-12-15-8-6-5-7-9-15/h5-9H,4,10-14H2,1-3H3. The van der Waals surface area contributed by atoms with E-state index in [1.54, 1.807) is 0 Å². The van der Waals surface area contributed by atoms with Crippen molar-refractivity contribution in [3.63, 3.8) is 0 Å².